The Kier molecular flexibility index (Phi) is 6.18. The summed E-state index contributed by atoms with van der Waals surface area (Å²) in [4.78, 5) is 0. The summed E-state index contributed by atoms with van der Waals surface area (Å²) >= 11 is 0. The highest BCUT2D eigenvalue weighted by Crippen LogP contribution is 2.20. The molecule has 1 N–H and O–H groups in total. The second-order valence-electron chi connectivity index (χ2n) is 4.08. The summed E-state index contributed by atoms with van der Waals surface area (Å²) in [6.45, 7) is 2.59. The minimum absolute atomic E-state index is 0.0461. The molecule has 1 aromatic rings. The molecule has 0 aliphatic heterocycles. The zero-order chi connectivity index (χ0) is 13.5. The Bertz CT molecular complexity index is 354. The molecule has 2 atom stereocenters. The van der Waals surface area contributed by atoms with Gasteiger partial charge in [-0.05, 0) is 19.1 Å². The average molecular weight is 259 g/mol. The second-order valence-corrected chi connectivity index (χ2v) is 4.08. The van der Waals surface area contributed by atoms with E-state index in [9.17, 15) is 8.78 Å². The topological polar surface area (TPSA) is 30.5 Å². The highest BCUT2D eigenvalue weighted by Gasteiger charge is 2.17. The molecular weight excluding hydrogens is 240 g/mol. The van der Waals surface area contributed by atoms with Crippen LogP contribution in [0.15, 0.2) is 18.2 Å². The predicted octanol–water partition coefficient (Wildman–Crippen LogP) is 2.28. The number of hydrogen-bond donors (Lipinski definition) is 1. The lowest BCUT2D eigenvalue weighted by atomic mass is 10.1. The zero-order valence-electron chi connectivity index (χ0n) is 10.9. The normalized spacial score (nSPS) is 14.5. The van der Waals surface area contributed by atoms with Gasteiger partial charge >= 0.3 is 0 Å². The predicted molar refractivity (Wildman–Crippen MR) is 65.4 cm³/mol. The van der Waals surface area contributed by atoms with Gasteiger partial charge in [0.2, 0.25) is 0 Å². The third kappa shape index (κ3) is 4.01. The van der Waals surface area contributed by atoms with Gasteiger partial charge < -0.3 is 14.8 Å². The smallest absolute Gasteiger partial charge is 0.130 e. The summed E-state index contributed by atoms with van der Waals surface area (Å²) in [6, 6.07) is 3.42. The van der Waals surface area contributed by atoms with Crippen LogP contribution in [0.2, 0.25) is 0 Å². The first-order chi connectivity index (χ1) is 8.60. The number of rotatable bonds is 7. The standard InChI is InChI=1S/C13H19F2NO2/c1-9(16-7-10(18-3)8-17-2)13-11(14)5-4-6-12(13)15/h4-6,9-10,16H,7-8H2,1-3H3. The lowest BCUT2D eigenvalue weighted by Crippen LogP contribution is -2.33. The molecule has 0 aromatic heterocycles. The van der Waals surface area contributed by atoms with Crippen molar-refractivity contribution in [2.45, 2.75) is 19.1 Å². The van der Waals surface area contributed by atoms with Crippen LogP contribution in [0.4, 0.5) is 8.78 Å². The van der Waals surface area contributed by atoms with E-state index in [0.29, 0.717) is 13.2 Å². The maximum absolute atomic E-state index is 13.5. The van der Waals surface area contributed by atoms with Crippen LogP contribution in [0.5, 0.6) is 0 Å². The van der Waals surface area contributed by atoms with E-state index in [1.54, 1.807) is 21.1 Å². The molecule has 3 nitrogen and oxygen atoms in total. The van der Waals surface area contributed by atoms with E-state index in [4.69, 9.17) is 9.47 Å². The maximum atomic E-state index is 13.5. The largest absolute Gasteiger partial charge is 0.382 e. The summed E-state index contributed by atoms with van der Waals surface area (Å²) in [5, 5.41) is 3.03. The molecule has 0 fully saturated rings. The molecule has 1 rings (SSSR count). The van der Waals surface area contributed by atoms with Gasteiger partial charge in [0.15, 0.2) is 0 Å². The van der Waals surface area contributed by atoms with Crippen LogP contribution in [0.3, 0.4) is 0 Å². The SMILES string of the molecule is COCC(CNC(C)c1c(F)cccc1F)OC. The van der Waals surface area contributed by atoms with E-state index >= 15 is 0 Å². The van der Waals surface area contributed by atoms with Crippen molar-refractivity contribution in [2.75, 3.05) is 27.4 Å². The molecule has 1 aromatic carbocycles. The monoisotopic (exact) mass is 259 g/mol. The number of benzene rings is 1. The molecule has 0 amide bonds. The van der Waals surface area contributed by atoms with Gasteiger partial charge in [-0.3, -0.25) is 0 Å². The molecule has 0 bridgehead atoms. The third-order valence-corrected chi connectivity index (χ3v) is 2.77. The van der Waals surface area contributed by atoms with Gasteiger partial charge in [0.1, 0.15) is 11.6 Å². The van der Waals surface area contributed by atoms with Gasteiger partial charge in [-0.15, -0.1) is 0 Å². The van der Waals surface area contributed by atoms with Crippen molar-refractivity contribution in [3.63, 3.8) is 0 Å². The summed E-state index contributed by atoms with van der Waals surface area (Å²) in [6.07, 6.45) is -0.146. The lowest BCUT2D eigenvalue weighted by Gasteiger charge is -2.20. The fourth-order valence-corrected chi connectivity index (χ4v) is 1.73. The van der Waals surface area contributed by atoms with Crippen LogP contribution in [0, 0.1) is 11.6 Å². The molecule has 0 saturated carbocycles. The number of nitrogens with one attached hydrogen (secondary N) is 1. The van der Waals surface area contributed by atoms with Gasteiger partial charge in [0.05, 0.1) is 12.7 Å². The van der Waals surface area contributed by atoms with Crippen molar-refractivity contribution in [1.29, 1.82) is 0 Å². The quantitative estimate of drug-likeness (QED) is 0.815. The van der Waals surface area contributed by atoms with Gasteiger partial charge in [-0.2, -0.15) is 0 Å². The number of hydrogen-bond acceptors (Lipinski definition) is 3. The maximum Gasteiger partial charge on any atom is 0.130 e. The molecule has 0 saturated heterocycles. The van der Waals surface area contributed by atoms with E-state index in [-0.39, 0.29) is 11.7 Å². The fraction of sp³-hybridized carbons (Fsp3) is 0.538. The average Bonchev–Trinajstić information content (AvgIpc) is 2.34. The van der Waals surface area contributed by atoms with Crippen molar-refractivity contribution < 1.29 is 18.3 Å². The van der Waals surface area contributed by atoms with Crippen molar-refractivity contribution in [3.05, 3.63) is 35.4 Å². The molecule has 0 radical (unpaired) electrons. The molecular formula is C13H19F2NO2. The Morgan fingerprint density at radius 3 is 2.33 bits per heavy atom. The fourth-order valence-electron chi connectivity index (χ4n) is 1.73. The molecule has 0 spiro atoms. The van der Waals surface area contributed by atoms with Gasteiger partial charge in [0.25, 0.3) is 0 Å². The van der Waals surface area contributed by atoms with Gasteiger partial charge in [-0.1, -0.05) is 6.07 Å². The first kappa shape index (κ1) is 15.0. The minimum Gasteiger partial charge on any atom is -0.382 e. The van der Waals surface area contributed by atoms with E-state index in [0.717, 1.165) is 0 Å². The Morgan fingerprint density at radius 1 is 1.22 bits per heavy atom. The van der Waals surface area contributed by atoms with Crippen molar-refractivity contribution >= 4 is 0 Å². The van der Waals surface area contributed by atoms with E-state index in [2.05, 4.69) is 5.32 Å². The number of ether oxygens (including phenoxy) is 2. The first-order valence-electron chi connectivity index (χ1n) is 5.79. The summed E-state index contributed by atoms with van der Waals surface area (Å²) in [5.74, 6) is -1.09. The molecule has 102 valence electrons. The third-order valence-electron chi connectivity index (χ3n) is 2.77. The number of halogens is 2. The van der Waals surface area contributed by atoms with Gasteiger partial charge in [0, 0.05) is 32.4 Å². The number of methoxy groups -OCH3 is 2. The van der Waals surface area contributed by atoms with Crippen molar-refractivity contribution in [3.8, 4) is 0 Å². The molecule has 2 unspecified atom stereocenters. The van der Waals surface area contributed by atoms with Crippen LogP contribution in [-0.2, 0) is 9.47 Å². The lowest BCUT2D eigenvalue weighted by molar-refractivity contribution is 0.0275. The van der Waals surface area contributed by atoms with E-state index in [1.807, 2.05) is 0 Å². The Labute approximate surface area is 106 Å². The zero-order valence-corrected chi connectivity index (χ0v) is 10.9. The second kappa shape index (κ2) is 7.41. The van der Waals surface area contributed by atoms with Crippen LogP contribution < -0.4 is 5.32 Å². The Balaban J connectivity index is 2.62. The summed E-state index contributed by atoms with van der Waals surface area (Å²) in [5.41, 5.74) is 0.0461. The molecule has 0 heterocycles. The van der Waals surface area contributed by atoms with Crippen LogP contribution >= 0.6 is 0 Å². The van der Waals surface area contributed by atoms with Crippen molar-refractivity contribution in [1.82, 2.24) is 5.32 Å². The minimum atomic E-state index is -0.546. The molecule has 18 heavy (non-hydrogen) atoms. The first-order valence-corrected chi connectivity index (χ1v) is 5.79. The van der Waals surface area contributed by atoms with E-state index in [1.165, 1.54) is 18.2 Å². The van der Waals surface area contributed by atoms with Gasteiger partial charge in [-0.25, -0.2) is 8.78 Å². The summed E-state index contributed by atoms with van der Waals surface area (Å²) in [7, 11) is 3.14. The van der Waals surface area contributed by atoms with Crippen LogP contribution in [0.25, 0.3) is 0 Å². The van der Waals surface area contributed by atoms with Crippen LogP contribution in [0.1, 0.15) is 18.5 Å². The molecule has 0 aliphatic carbocycles. The Hall–Kier alpha value is -1.04. The summed E-state index contributed by atoms with van der Waals surface area (Å²) < 4.78 is 37.2. The van der Waals surface area contributed by atoms with Crippen LogP contribution in [-0.4, -0.2) is 33.5 Å². The highest BCUT2D eigenvalue weighted by atomic mass is 19.1. The molecule has 0 aliphatic rings. The van der Waals surface area contributed by atoms with E-state index < -0.39 is 17.7 Å². The Morgan fingerprint density at radius 2 is 1.83 bits per heavy atom. The highest BCUT2D eigenvalue weighted by molar-refractivity contribution is 5.22. The van der Waals surface area contributed by atoms with Crippen molar-refractivity contribution in [2.24, 2.45) is 0 Å². The molecule has 5 heteroatoms.